The Morgan fingerprint density at radius 2 is 1.52 bits per heavy atom. The SMILES string of the molecule is O=C(O)c1c(C(=O)O)c(O)c2c([N+](=O)[O-])cccc2c1O. The topological polar surface area (TPSA) is 158 Å². The third-order valence-corrected chi connectivity index (χ3v) is 2.88. The lowest BCUT2D eigenvalue weighted by Crippen LogP contribution is -2.09. The van der Waals surface area contributed by atoms with Gasteiger partial charge in [0.2, 0.25) is 0 Å². The standard InChI is InChI=1S/C12H7NO8/c14-9-4-2-1-3-5(13(20)21)6(4)10(15)8(12(18)19)7(9)11(16)17/h1-3,14-15H,(H,16,17)(H,18,19). The minimum absolute atomic E-state index is 0.330. The number of carboxylic acids is 2. The fourth-order valence-corrected chi connectivity index (χ4v) is 2.05. The summed E-state index contributed by atoms with van der Waals surface area (Å²) in [5.74, 6) is -5.66. The van der Waals surface area contributed by atoms with Crippen LogP contribution in [0.5, 0.6) is 11.5 Å². The Morgan fingerprint density at radius 3 is 2.00 bits per heavy atom. The van der Waals surface area contributed by atoms with Crippen LogP contribution in [0, 0.1) is 10.1 Å². The molecule has 0 aliphatic carbocycles. The number of aromatic carboxylic acids is 2. The van der Waals surface area contributed by atoms with Crippen molar-refractivity contribution in [3.63, 3.8) is 0 Å². The number of rotatable bonds is 3. The van der Waals surface area contributed by atoms with Crippen molar-refractivity contribution in [1.82, 2.24) is 0 Å². The summed E-state index contributed by atoms with van der Waals surface area (Å²) in [7, 11) is 0. The average molecular weight is 293 g/mol. The lowest BCUT2D eigenvalue weighted by atomic mass is 9.96. The summed E-state index contributed by atoms with van der Waals surface area (Å²) in [6.07, 6.45) is 0. The predicted molar refractivity (Wildman–Crippen MR) is 67.9 cm³/mol. The van der Waals surface area contributed by atoms with Crippen molar-refractivity contribution in [2.24, 2.45) is 0 Å². The Bertz CT molecular complexity index is 811. The molecule has 0 spiro atoms. The Morgan fingerprint density at radius 1 is 1.00 bits per heavy atom. The van der Waals surface area contributed by atoms with Gasteiger partial charge < -0.3 is 20.4 Å². The van der Waals surface area contributed by atoms with E-state index in [0.29, 0.717) is 0 Å². The fourth-order valence-electron chi connectivity index (χ4n) is 2.05. The molecule has 0 amide bonds. The molecule has 0 saturated heterocycles. The number of benzene rings is 2. The van der Waals surface area contributed by atoms with E-state index in [2.05, 4.69) is 0 Å². The van der Waals surface area contributed by atoms with Crippen molar-refractivity contribution in [2.75, 3.05) is 0 Å². The van der Waals surface area contributed by atoms with Gasteiger partial charge >= 0.3 is 11.9 Å². The van der Waals surface area contributed by atoms with Crippen LogP contribution in [0.4, 0.5) is 5.69 Å². The molecule has 0 saturated carbocycles. The molecule has 0 aliphatic rings. The summed E-state index contributed by atoms with van der Waals surface area (Å²) in [4.78, 5) is 32.3. The number of hydrogen-bond donors (Lipinski definition) is 4. The number of carbonyl (C=O) groups is 2. The van der Waals surface area contributed by atoms with E-state index in [0.717, 1.165) is 12.1 Å². The van der Waals surface area contributed by atoms with E-state index in [4.69, 9.17) is 10.2 Å². The highest BCUT2D eigenvalue weighted by molar-refractivity contribution is 6.15. The first-order valence-corrected chi connectivity index (χ1v) is 5.39. The van der Waals surface area contributed by atoms with Crippen LogP contribution < -0.4 is 0 Å². The summed E-state index contributed by atoms with van der Waals surface area (Å²) in [6.45, 7) is 0. The minimum atomic E-state index is -1.83. The largest absolute Gasteiger partial charge is 0.506 e. The van der Waals surface area contributed by atoms with Crippen LogP contribution in [-0.4, -0.2) is 37.3 Å². The first-order chi connectivity index (χ1) is 9.77. The molecule has 0 heterocycles. The molecule has 0 radical (unpaired) electrons. The van der Waals surface area contributed by atoms with Crippen LogP contribution in [0.1, 0.15) is 20.7 Å². The second-order valence-corrected chi connectivity index (χ2v) is 4.01. The highest BCUT2D eigenvalue weighted by atomic mass is 16.6. The van der Waals surface area contributed by atoms with E-state index in [1.54, 1.807) is 0 Å². The van der Waals surface area contributed by atoms with E-state index in [1.807, 2.05) is 0 Å². The first-order valence-electron chi connectivity index (χ1n) is 5.39. The van der Waals surface area contributed by atoms with Gasteiger partial charge in [0.1, 0.15) is 28.0 Å². The Kier molecular flexibility index (Phi) is 3.10. The molecular weight excluding hydrogens is 286 g/mol. The summed E-state index contributed by atoms with van der Waals surface area (Å²) in [5.41, 5.74) is -2.80. The van der Waals surface area contributed by atoms with Gasteiger partial charge in [-0.15, -0.1) is 0 Å². The van der Waals surface area contributed by atoms with E-state index >= 15 is 0 Å². The summed E-state index contributed by atoms with van der Waals surface area (Å²) < 4.78 is 0. The number of nitrogens with zero attached hydrogens (tertiary/aromatic N) is 1. The molecule has 0 aromatic heterocycles. The minimum Gasteiger partial charge on any atom is -0.506 e. The number of hydrogen-bond acceptors (Lipinski definition) is 6. The van der Waals surface area contributed by atoms with Crippen molar-refractivity contribution >= 4 is 28.4 Å². The van der Waals surface area contributed by atoms with Gasteiger partial charge in [0.15, 0.2) is 0 Å². The molecule has 2 aromatic carbocycles. The summed E-state index contributed by atoms with van der Waals surface area (Å²) in [6, 6.07) is 3.30. The molecule has 9 nitrogen and oxygen atoms in total. The molecule has 0 fully saturated rings. The number of nitro groups is 1. The molecule has 0 unspecified atom stereocenters. The van der Waals surface area contributed by atoms with E-state index in [-0.39, 0.29) is 5.39 Å². The van der Waals surface area contributed by atoms with Crippen LogP contribution in [0.25, 0.3) is 10.8 Å². The van der Waals surface area contributed by atoms with E-state index in [1.165, 1.54) is 6.07 Å². The number of carboxylic acid groups (broad SMARTS) is 2. The molecule has 108 valence electrons. The Balaban J connectivity index is 3.14. The zero-order valence-electron chi connectivity index (χ0n) is 10.1. The zero-order valence-corrected chi connectivity index (χ0v) is 10.1. The van der Waals surface area contributed by atoms with Crippen LogP contribution in [-0.2, 0) is 0 Å². The maximum absolute atomic E-state index is 11.1. The first kappa shape index (κ1) is 14.1. The molecule has 0 atom stereocenters. The van der Waals surface area contributed by atoms with Crippen molar-refractivity contribution in [1.29, 1.82) is 0 Å². The number of non-ortho nitro benzene ring substituents is 1. The van der Waals surface area contributed by atoms with Crippen molar-refractivity contribution in [2.45, 2.75) is 0 Å². The van der Waals surface area contributed by atoms with Crippen LogP contribution in [0.15, 0.2) is 18.2 Å². The van der Waals surface area contributed by atoms with Gasteiger partial charge in [0, 0.05) is 11.5 Å². The number of aromatic hydroxyl groups is 2. The summed E-state index contributed by atoms with van der Waals surface area (Å²) >= 11 is 0. The quantitative estimate of drug-likeness (QED) is 0.377. The molecule has 9 heteroatoms. The predicted octanol–water partition coefficient (Wildman–Crippen LogP) is 1.56. The fraction of sp³-hybridized carbons (Fsp3) is 0. The van der Waals surface area contributed by atoms with Crippen molar-refractivity contribution < 1.29 is 34.9 Å². The second-order valence-electron chi connectivity index (χ2n) is 4.01. The van der Waals surface area contributed by atoms with Gasteiger partial charge in [-0.2, -0.15) is 0 Å². The molecule has 21 heavy (non-hydrogen) atoms. The number of nitro benzene ring substituents is 1. The lowest BCUT2D eigenvalue weighted by molar-refractivity contribution is -0.383. The average Bonchev–Trinajstić information content (AvgIpc) is 2.40. The zero-order chi connectivity index (χ0) is 15.9. The van der Waals surface area contributed by atoms with Gasteiger partial charge in [-0.1, -0.05) is 6.07 Å². The van der Waals surface area contributed by atoms with Crippen LogP contribution in [0.2, 0.25) is 0 Å². The van der Waals surface area contributed by atoms with Crippen molar-refractivity contribution in [3.8, 4) is 11.5 Å². The van der Waals surface area contributed by atoms with Gasteiger partial charge in [-0.05, 0) is 6.07 Å². The van der Waals surface area contributed by atoms with Gasteiger partial charge in [0.25, 0.3) is 5.69 Å². The molecule has 2 aromatic rings. The Hall–Kier alpha value is -3.36. The molecular formula is C12H7NO8. The molecule has 2 rings (SSSR count). The van der Waals surface area contributed by atoms with Gasteiger partial charge in [-0.3, -0.25) is 10.1 Å². The number of phenols is 2. The van der Waals surface area contributed by atoms with Crippen LogP contribution >= 0.6 is 0 Å². The third-order valence-electron chi connectivity index (χ3n) is 2.88. The normalized spacial score (nSPS) is 10.5. The molecule has 0 bridgehead atoms. The molecule has 0 aliphatic heterocycles. The van der Waals surface area contributed by atoms with Crippen molar-refractivity contribution in [3.05, 3.63) is 39.4 Å². The third kappa shape index (κ3) is 1.96. The maximum Gasteiger partial charge on any atom is 0.340 e. The van der Waals surface area contributed by atoms with Gasteiger partial charge in [-0.25, -0.2) is 9.59 Å². The monoisotopic (exact) mass is 293 g/mol. The van der Waals surface area contributed by atoms with Gasteiger partial charge in [0.05, 0.1) is 4.92 Å². The van der Waals surface area contributed by atoms with E-state index in [9.17, 15) is 29.9 Å². The Labute approximate surface area is 115 Å². The smallest absolute Gasteiger partial charge is 0.340 e. The highest BCUT2D eigenvalue weighted by Crippen LogP contribution is 2.43. The molecule has 4 N–H and O–H groups in total. The summed E-state index contributed by atoms with van der Waals surface area (Å²) in [5, 5.41) is 47.9. The maximum atomic E-state index is 11.1. The second kappa shape index (κ2) is 4.63. The van der Waals surface area contributed by atoms with E-state index < -0.39 is 50.6 Å². The van der Waals surface area contributed by atoms with Crippen LogP contribution in [0.3, 0.4) is 0 Å². The lowest BCUT2D eigenvalue weighted by Gasteiger charge is -2.11. The number of fused-ring (bicyclic) bond motifs is 1. The highest BCUT2D eigenvalue weighted by Gasteiger charge is 2.31.